The number of nitrogens with one attached hydrogen (secondary N) is 2. The van der Waals surface area contributed by atoms with Gasteiger partial charge in [0.1, 0.15) is 5.75 Å². The summed E-state index contributed by atoms with van der Waals surface area (Å²) in [5.41, 5.74) is 0. The van der Waals surface area contributed by atoms with Gasteiger partial charge in [0.15, 0.2) is 6.10 Å². The fourth-order valence-electron chi connectivity index (χ4n) is 3.75. The Labute approximate surface area is 177 Å². The second kappa shape index (κ2) is 10.9. The largest absolute Gasteiger partial charge is 0.479 e. The number of para-hydroxylation sites is 1. The summed E-state index contributed by atoms with van der Waals surface area (Å²) in [6.07, 6.45) is 3.31. The fraction of sp³-hybridized carbons (Fsp3) is 0.600. The first kappa shape index (κ1) is 22.8. The molecule has 2 amide bonds. The van der Waals surface area contributed by atoms with E-state index in [0.717, 1.165) is 38.8 Å². The van der Waals surface area contributed by atoms with Crippen LogP contribution < -0.4 is 15.4 Å². The summed E-state index contributed by atoms with van der Waals surface area (Å²) in [6, 6.07) is 7.10. The quantitative estimate of drug-likeness (QED) is 0.728. The third-order valence-electron chi connectivity index (χ3n) is 5.26. The molecule has 0 spiro atoms. The molecule has 8 heteroatoms. The molecule has 3 atom stereocenters. The lowest BCUT2D eigenvalue weighted by molar-refractivity contribution is -0.139. The molecule has 3 unspecified atom stereocenters. The van der Waals surface area contributed by atoms with Crippen LogP contribution in [-0.2, 0) is 9.59 Å². The van der Waals surface area contributed by atoms with Crippen LogP contribution >= 0.6 is 24.0 Å². The third kappa shape index (κ3) is 6.00. The molecule has 1 aromatic rings. The van der Waals surface area contributed by atoms with Crippen LogP contribution in [0, 0.1) is 5.92 Å². The highest BCUT2D eigenvalue weighted by atomic mass is 35.5. The molecule has 0 aliphatic carbocycles. The summed E-state index contributed by atoms with van der Waals surface area (Å²) in [6.45, 7) is 4.65. The van der Waals surface area contributed by atoms with Gasteiger partial charge in [-0.2, -0.15) is 0 Å². The molecule has 28 heavy (non-hydrogen) atoms. The molecular weight excluding hydrogens is 401 g/mol. The van der Waals surface area contributed by atoms with Gasteiger partial charge in [-0.25, -0.2) is 0 Å². The highest BCUT2D eigenvalue weighted by molar-refractivity contribution is 6.32. The van der Waals surface area contributed by atoms with Crippen molar-refractivity contribution in [1.29, 1.82) is 0 Å². The molecule has 0 bridgehead atoms. The van der Waals surface area contributed by atoms with Crippen LogP contribution in [0.3, 0.4) is 0 Å². The van der Waals surface area contributed by atoms with Crippen molar-refractivity contribution < 1.29 is 14.3 Å². The molecule has 2 N–H and O–H groups in total. The molecule has 2 aliphatic heterocycles. The first-order valence-corrected chi connectivity index (χ1v) is 10.1. The fourth-order valence-corrected chi connectivity index (χ4v) is 3.93. The SMILES string of the molecule is CC(Oc1ccccc1Cl)C(=O)N1CCCC(CNC(=O)C2CCCN2)C1.Cl. The predicted molar refractivity (Wildman–Crippen MR) is 112 cm³/mol. The lowest BCUT2D eigenvalue weighted by Crippen LogP contribution is -2.49. The molecule has 2 heterocycles. The number of carbonyl (C=O) groups excluding carboxylic acids is 2. The standard InChI is InChI=1S/C20H28ClN3O3.ClH/c1-14(27-18-9-3-2-7-16(18)21)20(26)24-11-5-6-15(13-24)12-23-19(25)17-8-4-10-22-17;/h2-3,7,9,14-15,17,22H,4-6,8,10-13H2,1H3,(H,23,25);1H. The van der Waals surface area contributed by atoms with Crippen LogP contribution in [0.5, 0.6) is 5.75 Å². The number of hydrogen-bond donors (Lipinski definition) is 2. The van der Waals surface area contributed by atoms with Crippen molar-refractivity contribution in [2.45, 2.75) is 44.8 Å². The highest BCUT2D eigenvalue weighted by Crippen LogP contribution is 2.25. The zero-order valence-corrected chi connectivity index (χ0v) is 17.7. The Balaban J connectivity index is 0.00000280. The average Bonchev–Trinajstić information content (AvgIpc) is 3.22. The minimum Gasteiger partial charge on any atom is -0.479 e. The van der Waals surface area contributed by atoms with Crippen molar-refractivity contribution in [3.63, 3.8) is 0 Å². The van der Waals surface area contributed by atoms with Crippen molar-refractivity contribution in [3.8, 4) is 5.75 Å². The number of hydrogen-bond acceptors (Lipinski definition) is 4. The van der Waals surface area contributed by atoms with Crippen LogP contribution in [0.2, 0.25) is 5.02 Å². The molecule has 2 saturated heterocycles. The average molecular weight is 430 g/mol. The Hall–Kier alpha value is -1.50. The maximum Gasteiger partial charge on any atom is 0.263 e. The Morgan fingerprint density at radius 3 is 2.82 bits per heavy atom. The number of piperidine rings is 1. The molecule has 156 valence electrons. The lowest BCUT2D eigenvalue weighted by atomic mass is 9.97. The molecular formula is C20H29Cl2N3O3. The number of likely N-dealkylation sites (tertiary alicyclic amines) is 1. The summed E-state index contributed by atoms with van der Waals surface area (Å²) in [7, 11) is 0. The minimum absolute atomic E-state index is 0. The van der Waals surface area contributed by atoms with Crippen LogP contribution in [0.15, 0.2) is 24.3 Å². The zero-order chi connectivity index (χ0) is 19.2. The molecule has 3 rings (SSSR count). The Bertz CT molecular complexity index is 668. The predicted octanol–water partition coefficient (Wildman–Crippen LogP) is 2.64. The monoisotopic (exact) mass is 429 g/mol. The van der Waals surface area contributed by atoms with Crippen molar-refractivity contribution in [2.24, 2.45) is 5.92 Å². The van der Waals surface area contributed by atoms with Crippen molar-refractivity contribution in [3.05, 3.63) is 29.3 Å². The topological polar surface area (TPSA) is 70.7 Å². The van der Waals surface area contributed by atoms with Gasteiger partial charge >= 0.3 is 0 Å². The van der Waals surface area contributed by atoms with E-state index in [1.165, 1.54) is 0 Å². The van der Waals surface area contributed by atoms with Crippen molar-refractivity contribution in [2.75, 3.05) is 26.2 Å². The number of rotatable bonds is 6. The smallest absolute Gasteiger partial charge is 0.263 e. The van der Waals surface area contributed by atoms with Gasteiger partial charge in [0.2, 0.25) is 5.91 Å². The number of halogens is 2. The van der Waals surface area contributed by atoms with Gasteiger partial charge in [-0.15, -0.1) is 12.4 Å². The number of nitrogens with zero attached hydrogens (tertiary/aromatic N) is 1. The molecule has 1 aromatic carbocycles. The summed E-state index contributed by atoms with van der Waals surface area (Å²) < 4.78 is 5.76. The van der Waals surface area contributed by atoms with Gasteiger partial charge in [0.05, 0.1) is 11.1 Å². The Morgan fingerprint density at radius 1 is 1.32 bits per heavy atom. The first-order valence-electron chi connectivity index (χ1n) is 9.75. The van der Waals surface area contributed by atoms with Gasteiger partial charge in [-0.05, 0) is 57.2 Å². The van der Waals surface area contributed by atoms with Crippen molar-refractivity contribution >= 4 is 35.8 Å². The summed E-state index contributed by atoms with van der Waals surface area (Å²) in [5, 5.41) is 6.75. The van der Waals surface area contributed by atoms with Gasteiger partial charge in [-0.3, -0.25) is 9.59 Å². The zero-order valence-electron chi connectivity index (χ0n) is 16.2. The van der Waals surface area contributed by atoms with E-state index in [4.69, 9.17) is 16.3 Å². The van der Waals surface area contributed by atoms with E-state index in [1.807, 2.05) is 17.0 Å². The highest BCUT2D eigenvalue weighted by Gasteiger charge is 2.29. The molecule has 2 fully saturated rings. The van der Waals surface area contributed by atoms with E-state index < -0.39 is 6.10 Å². The lowest BCUT2D eigenvalue weighted by Gasteiger charge is -2.34. The molecule has 0 saturated carbocycles. The second-order valence-electron chi connectivity index (χ2n) is 7.38. The van der Waals surface area contributed by atoms with E-state index >= 15 is 0 Å². The van der Waals surface area contributed by atoms with Gasteiger partial charge < -0.3 is 20.3 Å². The van der Waals surface area contributed by atoms with E-state index in [9.17, 15) is 9.59 Å². The number of carbonyl (C=O) groups is 2. The van der Waals surface area contributed by atoms with E-state index in [0.29, 0.717) is 23.9 Å². The maximum atomic E-state index is 12.8. The van der Waals surface area contributed by atoms with Crippen LogP contribution in [0.4, 0.5) is 0 Å². The summed E-state index contributed by atoms with van der Waals surface area (Å²) >= 11 is 6.11. The van der Waals surface area contributed by atoms with Gasteiger partial charge in [0.25, 0.3) is 5.91 Å². The molecule has 0 radical (unpaired) electrons. The number of ether oxygens (including phenoxy) is 1. The van der Waals surface area contributed by atoms with E-state index in [-0.39, 0.29) is 36.2 Å². The molecule has 6 nitrogen and oxygen atoms in total. The number of benzene rings is 1. The first-order chi connectivity index (χ1) is 13.0. The number of amides is 2. The second-order valence-corrected chi connectivity index (χ2v) is 7.78. The molecule has 2 aliphatic rings. The summed E-state index contributed by atoms with van der Waals surface area (Å²) in [4.78, 5) is 26.8. The van der Waals surface area contributed by atoms with E-state index in [1.54, 1.807) is 19.1 Å². The van der Waals surface area contributed by atoms with Crippen molar-refractivity contribution in [1.82, 2.24) is 15.5 Å². The minimum atomic E-state index is -0.596. The van der Waals surface area contributed by atoms with Gasteiger partial charge in [-0.1, -0.05) is 23.7 Å². The molecule has 0 aromatic heterocycles. The Kier molecular flexibility index (Phi) is 8.86. The summed E-state index contributed by atoms with van der Waals surface area (Å²) in [5.74, 6) is 0.834. The normalized spacial score (nSPS) is 22.9. The Morgan fingerprint density at radius 2 is 2.11 bits per heavy atom. The third-order valence-corrected chi connectivity index (χ3v) is 5.57. The van der Waals surface area contributed by atoms with Crippen LogP contribution in [0.1, 0.15) is 32.6 Å². The van der Waals surface area contributed by atoms with Gasteiger partial charge in [0, 0.05) is 19.6 Å². The maximum absolute atomic E-state index is 12.8. The van der Waals surface area contributed by atoms with E-state index in [2.05, 4.69) is 10.6 Å². The van der Waals surface area contributed by atoms with Crippen LogP contribution in [-0.4, -0.2) is 55.0 Å². The van der Waals surface area contributed by atoms with Crippen LogP contribution in [0.25, 0.3) is 0 Å².